The molecule has 0 bridgehead atoms. The first-order valence-corrected chi connectivity index (χ1v) is 6.63. The van der Waals surface area contributed by atoms with Gasteiger partial charge >= 0.3 is 11.9 Å². The number of hydrogen-bond acceptors (Lipinski definition) is 5. The molecule has 0 saturated carbocycles. The van der Waals surface area contributed by atoms with Crippen LogP contribution in [-0.2, 0) is 23.9 Å². The fourth-order valence-corrected chi connectivity index (χ4v) is 1.83. The van der Waals surface area contributed by atoms with Gasteiger partial charge in [0.05, 0.1) is 6.42 Å². The van der Waals surface area contributed by atoms with Crippen molar-refractivity contribution in [2.24, 2.45) is 0 Å². The predicted molar refractivity (Wildman–Crippen MR) is 71.2 cm³/mol. The molecule has 0 aromatic carbocycles. The molecule has 1 heterocycles. The topological polar surface area (TPSA) is 122 Å². The van der Waals surface area contributed by atoms with Crippen molar-refractivity contribution in [2.45, 2.75) is 57.7 Å². The molecule has 21 heavy (non-hydrogen) atoms. The van der Waals surface area contributed by atoms with Crippen molar-refractivity contribution >= 4 is 23.8 Å². The minimum Gasteiger partial charge on any atom is -0.480 e. The molecule has 3 N–H and O–H groups in total. The number of aliphatic carboxylic acids is 1. The third kappa shape index (κ3) is 5.80. The van der Waals surface area contributed by atoms with Gasteiger partial charge in [-0.1, -0.05) is 0 Å². The van der Waals surface area contributed by atoms with E-state index in [1.54, 1.807) is 20.8 Å². The number of carbonyl (C=O) groups is 4. The maximum absolute atomic E-state index is 11.8. The van der Waals surface area contributed by atoms with Crippen LogP contribution < -0.4 is 10.6 Å². The molecule has 1 fully saturated rings. The minimum absolute atomic E-state index is 0.224. The first kappa shape index (κ1) is 16.9. The third-order valence-electron chi connectivity index (χ3n) is 2.72. The van der Waals surface area contributed by atoms with E-state index in [0.29, 0.717) is 6.42 Å². The van der Waals surface area contributed by atoms with Gasteiger partial charge < -0.3 is 20.5 Å². The van der Waals surface area contributed by atoms with Crippen LogP contribution in [0, 0.1) is 0 Å². The van der Waals surface area contributed by atoms with E-state index < -0.39 is 42.0 Å². The summed E-state index contributed by atoms with van der Waals surface area (Å²) in [5.74, 6) is -2.92. The Labute approximate surface area is 122 Å². The highest BCUT2D eigenvalue weighted by Gasteiger charge is 2.32. The zero-order valence-electron chi connectivity index (χ0n) is 12.3. The van der Waals surface area contributed by atoms with Gasteiger partial charge in [-0.15, -0.1) is 0 Å². The Balaban J connectivity index is 2.57. The molecule has 0 aliphatic carbocycles. The van der Waals surface area contributed by atoms with Gasteiger partial charge in [0.15, 0.2) is 0 Å². The van der Waals surface area contributed by atoms with Gasteiger partial charge in [0, 0.05) is 6.42 Å². The molecule has 8 heteroatoms. The highest BCUT2D eigenvalue weighted by Crippen LogP contribution is 2.11. The summed E-state index contributed by atoms with van der Waals surface area (Å²) < 4.78 is 5.02. The van der Waals surface area contributed by atoms with Crippen LogP contribution in [0.5, 0.6) is 0 Å². The first-order chi connectivity index (χ1) is 9.58. The number of nitrogens with one attached hydrogen (secondary N) is 2. The molecule has 2 amide bonds. The Morgan fingerprint density at radius 2 is 2.05 bits per heavy atom. The summed E-state index contributed by atoms with van der Waals surface area (Å²) in [6.45, 7) is 4.98. The van der Waals surface area contributed by atoms with Crippen molar-refractivity contribution in [1.82, 2.24) is 10.6 Å². The van der Waals surface area contributed by atoms with Crippen LogP contribution in [0.15, 0.2) is 0 Å². The number of carbonyl (C=O) groups excluding carboxylic acids is 3. The van der Waals surface area contributed by atoms with Crippen molar-refractivity contribution < 1.29 is 29.0 Å². The molecular weight excluding hydrogens is 280 g/mol. The Morgan fingerprint density at radius 1 is 1.43 bits per heavy atom. The second-order valence-corrected chi connectivity index (χ2v) is 5.85. The molecule has 118 valence electrons. The summed E-state index contributed by atoms with van der Waals surface area (Å²) in [6, 6.07) is -2.14. The number of hydrogen-bond donors (Lipinski definition) is 3. The van der Waals surface area contributed by atoms with E-state index in [2.05, 4.69) is 10.6 Å². The quantitative estimate of drug-likeness (QED) is 0.592. The molecule has 0 unspecified atom stereocenters. The number of rotatable bonds is 5. The average Bonchev–Trinajstić information content (AvgIpc) is 2.72. The number of amides is 2. The predicted octanol–water partition coefficient (Wildman–Crippen LogP) is -0.434. The van der Waals surface area contributed by atoms with Gasteiger partial charge in [0.1, 0.15) is 17.7 Å². The summed E-state index contributed by atoms with van der Waals surface area (Å²) in [7, 11) is 0. The standard InChI is InChI=1S/C13H20N2O6/c1-13(2,3)21-10(17)6-8(12(19)20)15-11(18)7-4-5-9(16)14-7/h7-8H,4-6H2,1-3H3,(H,14,16)(H,15,18)(H,19,20)/t7-,8-/m0/s1. The van der Waals surface area contributed by atoms with Crippen LogP contribution in [-0.4, -0.2) is 46.5 Å². The lowest BCUT2D eigenvalue weighted by Crippen LogP contribution is -2.49. The van der Waals surface area contributed by atoms with E-state index >= 15 is 0 Å². The Morgan fingerprint density at radius 3 is 2.48 bits per heavy atom. The van der Waals surface area contributed by atoms with E-state index in [-0.39, 0.29) is 12.3 Å². The van der Waals surface area contributed by atoms with Gasteiger partial charge in [-0.25, -0.2) is 4.79 Å². The molecule has 1 aliphatic rings. The van der Waals surface area contributed by atoms with Crippen LogP contribution in [0.2, 0.25) is 0 Å². The van der Waals surface area contributed by atoms with Crippen molar-refractivity contribution in [1.29, 1.82) is 0 Å². The third-order valence-corrected chi connectivity index (χ3v) is 2.72. The van der Waals surface area contributed by atoms with Gasteiger partial charge in [-0.3, -0.25) is 14.4 Å². The van der Waals surface area contributed by atoms with Crippen molar-refractivity contribution in [3.05, 3.63) is 0 Å². The Hall–Kier alpha value is -2.12. The first-order valence-electron chi connectivity index (χ1n) is 6.63. The summed E-state index contributed by atoms with van der Waals surface area (Å²) in [4.78, 5) is 45.6. The number of esters is 1. The van der Waals surface area contributed by atoms with Gasteiger partial charge in [0.2, 0.25) is 11.8 Å². The Kier molecular flexibility index (Phi) is 5.28. The smallest absolute Gasteiger partial charge is 0.326 e. The van der Waals surface area contributed by atoms with Crippen molar-refractivity contribution in [3.63, 3.8) is 0 Å². The zero-order valence-corrected chi connectivity index (χ0v) is 12.3. The fraction of sp³-hybridized carbons (Fsp3) is 0.692. The van der Waals surface area contributed by atoms with E-state index in [4.69, 9.17) is 9.84 Å². The molecule has 1 saturated heterocycles. The molecule has 0 spiro atoms. The molecular formula is C13H20N2O6. The SMILES string of the molecule is CC(C)(C)OC(=O)C[C@H](NC(=O)[C@@H]1CCC(=O)N1)C(=O)O. The molecule has 2 atom stereocenters. The summed E-state index contributed by atoms with van der Waals surface area (Å²) in [5.41, 5.74) is -0.733. The highest BCUT2D eigenvalue weighted by atomic mass is 16.6. The number of ether oxygens (including phenoxy) is 1. The highest BCUT2D eigenvalue weighted by molar-refractivity contribution is 5.93. The van der Waals surface area contributed by atoms with E-state index in [0.717, 1.165) is 0 Å². The normalized spacial score (nSPS) is 19.6. The molecule has 0 aromatic heterocycles. The second kappa shape index (κ2) is 6.55. The molecule has 1 rings (SSSR count). The lowest BCUT2D eigenvalue weighted by atomic mass is 10.1. The zero-order chi connectivity index (χ0) is 16.2. The van der Waals surface area contributed by atoms with Crippen LogP contribution in [0.3, 0.4) is 0 Å². The summed E-state index contributed by atoms with van der Waals surface area (Å²) in [5, 5.41) is 13.7. The number of carboxylic acid groups (broad SMARTS) is 1. The van der Waals surface area contributed by atoms with Crippen LogP contribution in [0.1, 0.15) is 40.0 Å². The largest absolute Gasteiger partial charge is 0.480 e. The molecule has 1 aliphatic heterocycles. The lowest BCUT2D eigenvalue weighted by molar-refractivity contribution is -0.158. The van der Waals surface area contributed by atoms with E-state index in [9.17, 15) is 19.2 Å². The summed E-state index contributed by atoms with van der Waals surface area (Å²) >= 11 is 0. The number of carboxylic acids is 1. The average molecular weight is 300 g/mol. The maximum atomic E-state index is 11.8. The van der Waals surface area contributed by atoms with Gasteiger partial charge in [-0.2, -0.15) is 0 Å². The van der Waals surface area contributed by atoms with E-state index in [1.165, 1.54) is 0 Å². The van der Waals surface area contributed by atoms with Crippen molar-refractivity contribution in [3.8, 4) is 0 Å². The van der Waals surface area contributed by atoms with Gasteiger partial charge in [-0.05, 0) is 27.2 Å². The Bertz CT molecular complexity index is 454. The maximum Gasteiger partial charge on any atom is 0.326 e. The van der Waals surface area contributed by atoms with Gasteiger partial charge in [0.25, 0.3) is 0 Å². The lowest BCUT2D eigenvalue weighted by Gasteiger charge is -2.22. The van der Waals surface area contributed by atoms with Crippen molar-refractivity contribution in [2.75, 3.05) is 0 Å². The molecule has 8 nitrogen and oxygen atoms in total. The monoisotopic (exact) mass is 300 g/mol. The van der Waals surface area contributed by atoms with Crippen LogP contribution in [0.25, 0.3) is 0 Å². The van der Waals surface area contributed by atoms with Crippen LogP contribution in [0.4, 0.5) is 0 Å². The fourth-order valence-electron chi connectivity index (χ4n) is 1.83. The second-order valence-electron chi connectivity index (χ2n) is 5.85. The molecule has 0 radical (unpaired) electrons. The minimum atomic E-state index is -1.38. The molecule has 0 aromatic rings. The van der Waals surface area contributed by atoms with Crippen LogP contribution >= 0.6 is 0 Å². The summed E-state index contributed by atoms with van der Waals surface area (Å²) in [6.07, 6.45) is 0.0599. The van der Waals surface area contributed by atoms with E-state index in [1.807, 2.05) is 0 Å².